The molecule has 0 bridgehead atoms. The molecule has 0 saturated heterocycles. The van der Waals surface area contributed by atoms with E-state index in [0.717, 1.165) is 56.0 Å². The molecule has 202 valence electrons. The second-order valence-electron chi connectivity index (χ2n) is 9.47. The molecule has 0 aliphatic heterocycles. The number of aryl methyl sites for hydroxylation is 1. The first-order chi connectivity index (χ1) is 20.0. The summed E-state index contributed by atoms with van der Waals surface area (Å²) in [5.74, 6) is 0.480. The van der Waals surface area contributed by atoms with Crippen molar-refractivity contribution in [3.8, 4) is 11.3 Å². The van der Waals surface area contributed by atoms with Crippen LogP contribution < -0.4 is 16.0 Å². The minimum absolute atomic E-state index is 0.480. The number of aromatic nitrogens is 4. The van der Waals surface area contributed by atoms with Gasteiger partial charge in [0.05, 0.1) is 11.2 Å². The predicted octanol–water partition coefficient (Wildman–Crippen LogP) is 7.64. The third-order valence-corrected chi connectivity index (χ3v) is 6.86. The van der Waals surface area contributed by atoms with Crippen molar-refractivity contribution in [3.63, 3.8) is 0 Å². The van der Waals surface area contributed by atoms with Crippen molar-refractivity contribution in [2.45, 2.75) is 13.2 Å². The number of benzene rings is 3. The predicted molar refractivity (Wildman–Crippen MR) is 165 cm³/mol. The molecule has 9 heteroatoms. The Bertz CT molecular complexity index is 1810. The highest BCUT2D eigenvalue weighted by Gasteiger charge is 2.11. The number of halogens is 1. The first-order valence-corrected chi connectivity index (χ1v) is 13.4. The van der Waals surface area contributed by atoms with E-state index in [0.29, 0.717) is 11.0 Å². The molecule has 0 aliphatic carbocycles. The molecule has 4 N–H and O–H groups in total. The number of anilines is 5. The van der Waals surface area contributed by atoms with Gasteiger partial charge in [-0.25, -0.2) is 9.97 Å². The van der Waals surface area contributed by atoms with Crippen LogP contribution in [0.2, 0.25) is 5.02 Å². The number of aliphatic hydroxyl groups excluding tert-OH is 1. The van der Waals surface area contributed by atoms with E-state index in [1.54, 1.807) is 24.8 Å². The van der Waals surface area contributed by atoms with E-state index in [2.05, 4.69) is 35.9 Å². The van der Waals surface area contributed by atoms with Gasteiger partial charge in [-0.15, -0.1) is 0 Å². The minimum Gasteiger partial charge on any atom is -0.369 e. The molecule has 41 heavy (non-hydrogen) atoms. The quantitative estimate of drug-likeness (QED) is 0.141. The smallest absolute Gasteiger partial charge is 0.227 e. The number of nitrogens with one attached hydrogen (secondary N) is 3. The second-order valence-corrected chi connectivity index (χ2v) is 9.91. The Labute approximate surface area is 242 Å². The van der Waals surface area contributed by atoms with Crippen molar-refractivity contribution in [2.24, 2.45) is 0 Å². The molecule has 3 aromatic heterocycles. The molecule has 0 radical (unpaired) electrons. The summed E-state index contributed by atoms with van der Waals surface area (Å²) in [7, 11) is 0. The molecule has 0 saturated carbocycles. The zero-order valence-corrected chi connectivity index (χ0v) is 22.8. The Hall–Kier alpha value is -5.05. The van der Waals surface area contributed by atoms with Crippen LogP contribution in [0, 0.1) is 6.92 Å². The lowest BCUT2D eigenvalue weighted by atomic mass is 10.1. The molecule has 1 unspecified atom stereocenters. The fraction of sp³-hybridized carbons (Fsp3) is 0.0625. The molecule has 0 fully saturated rings. The maximum atomic E-state index is 10.9. The maximum Gasteiger partial charge on any atom is 0.227 e. The van der Waals surface area contributed by atoms with Crippen LogP contribution in [0.1, 0.15) is 17.4 Å². The first-order valence-electron chi connectivity index (χ1n) is 13.0. The van der Waals surface area contributed by atoms with Gasteiger partial charge in [0.2, 0.25) is 5.95 Å². The number of rotatable bonds is 8. The Morgan fingerprint density at radius 1 is 0.732 bits per heavy atom. The average molecular weight is 560 g/mol. The topological polar surface area (TPSA) is 108 Å². The van der Waals surface area contributed by atoms with Crippen LogP contribution in [0.5, 0.6) is 0 Å². The van der Waals surface area contributed by atoms with E-state index < -0.39 is 6.23 Å². The molecular formula is C32H26ClN7O. The van der Waals surface area contributed by atoms with Crippen LogP contribution in [0.15, 0.2) is 110 Å². The largest absolute Gasteiger partial charge is 0.369 e. The fourth-order valence-corrected chi connectivity index (χ4v) is 4.61. The first kappa shape index (κ1) is 26.2. The summed E-state index contributed by atoms with van der Waals surface area (Å²) in [5.41, 5.74) is 7.72. The van der Waals surface area contributed by atoms with Gasteiger partial charge in [-0.2, -0.15) is 0 Å². The molecule has 3 aromatic carbocycles. The lowest BCUT2D eigenvalue weighted by molar-refractivity contribution is 0.208. The normalized spacial score (nSPS) is 11.7. The van der Waals surface area contributed by atoms with Crippen molar-refractivity contribution in [1.82, 2.24) is 19.9 Å². The number of aliphatic hydroxyl groups is 1. The summed E-state index contributed by atoms with van der Waals surface area (Å²) in [6.07, 6.45) is 6.03. The summed E-state index contributed by atoms with van der Waals surface area (Å²) in [6.45, 7) is 2.00. The summed E-state index contributed by atoms with van der Waals surface area (Å²) in [6, 6.07) is 26.7. The summed E-state index contributed by atoms with van der Waals surface area (Å²) in [4.78, 5) is 17.5. The van der Waals surface area contributed by atoms with E-state index in [-0.39, 0.29) is 0 Å². The van der Waals surface area contributed by atoms with Gasteiger partial charge in [0, 0.05) is 69.1 Å². The third kappa shape index (κ3) is 6.09. The molecular weight excluding hydrogens is 534 g/mol. The fourth-order valence-electron chi connectivity index (χ4n) is 4.44. The van der Waals surface area contributed by atoms with E-state index >= 15 is 0 Å². The van der Waals surface area contributed by atoms with Gasteiger partial charge in [0.1, 0.15) is 0 Å². The van der Waals surface area contributed by atoms with Gasteiger partial charge in [-0.05, 0) is 79.2 Å². The Balaban J connectivity index is 1.14. The number of nitrogens with zero attached hydrogens (tertiary/aromatic N) is 4. The number of fused-ring (bicyclic) bond motifs is 1. The van der Waals surface area contributed by atoms with E-state index in [4.69, 9.17) is 11.6 Å². The molecule has 1 atom stereocenters. The van der Waals surface area contributed by atoms with Crippen LogP contribution in [-0.4, -0.2) is 25.0 Å². The van der Waals surface area contributed by atoms with Crippen molar-refractivity contribution >= 4 is 51.2 Å². The van der Waals surface area contributed by atoms with Crippen LogP contribution >= 0.6 is 11.6 Å². The highest BCUT2D eigenvalue weighted by molar-refractivity contribution is 6.31. The van der Waals surface area contributed by atoms with Crippen molar-refractivity contribution in [2.75, 3.05) is 16.0 Å². The van der Waals surface area contributed by atoms with Gasteiger partial charge in [-0.3, -0.25) is 9.97 Å². The lowest BCUT2D eigenvalue weighted by Crippen LogP contribution is -2.10. The minimum atomic E-state index is -0.908. The molecule has 6 rings (SSSR count). The van der Waals surface area contributed by atoms with Gasteiger partial charge in [-0.1, -0.05) is 29.8 Å². The monoisotopic (exact) mass is 559 g/mol. The highest BCUT2D eigenvalue weighted by Crippen LogP contribution is 2.29. The maximum absolute atomic E-state index is 10.9. The number of hydrogen-bond donors (Lipinski definition) is 4. The van der Waals surface area contributed by atoms with Crippen LogP contribution in [0.3, 0.4) is 0 Å². The van der Waals surface area contributed by atoms with Crippen LogP contribution in [-0.2, 0) is 0 Å². The van der Waals surface area contributed by atoms with E-state index in [1.165, 1.54) is 0 Å². The SMILES string of the molecule is Cc1ccc(NC(O)c2ccc(Nc3ccnc4cc(Cl)ccc34)cc2)cc1Nc1nccc(-c2ccncc2)n1. The highest BCUT2D eigenvalue weighted by atomic mass is 35.5. The molecule has 0 aliphatic rings. The average Bonchev–Trinajstić information content (AvgIpc) is 3.00. The summed E-state index contributed by atoms with van der Waals surface area (Å²) in [5, 5.41) is 22.5. The van der Waals surface area contributed by atoms with Crippen molar-refractivity contribution < 1.29 is 5.11 Å². The molecule has 3 heterocycles. The van der Waals surface area contributed by atoms with Gasteiger partial charge in [0.15, 0.2) is 6.23 Å². The van der Waals surface area contributed by atoms with Crippen molar-refractivity contribution in [1.29, 1.82) is 0 Å². The zero-order valence-electron chi connectivity index (χ0n) is 22.1. The van der Waals surface area contributed by atoms with Gasteiger partial charge in [0.25, 0.3) is 0 Å². The number of pyridine rings is 2. The third-order valence-electron chi connectivity index (χ3n) is 6.63. The molecule has 6 aromatic rings. The van der Waals surface area contributed by atoms with Gasteiger partial charge < -0.3 is 21.1 Å². The van der Waals surface area contributed by atoms with Crippen molar-refractivity contribution in [3.05, 3.63) is 126 Å². The zero-order chi connectivity index (χ0) is 28.2. The van der Waals surface area contributed by atoms with Crippen LogP contribution in [0.4, 0.5) is 28.7 Å². The summed E-state index contributed by atoms with van der Waals surface area (Å²) < 4.78 is 0. The second kappa shape index (κ2) is 11.6. The number of hydrogen-bond acceptors (Lipinski definition) is 8. The Morgan fingerprint density at radius 2 is 1.51 bits per heavy atom. The van der Waals surface area contributed by atoms with Crippen LogP contribution in [0.25, 0.3) is 22.2 Å². The summed E-state index contributed by atoms with van der Waals surface area (Å²) >= 11 is 6.11. The lowest BCUT2D eigenvalue weighted by Gasteiger charge is -2.17. The van der Waals surface area contributed by atoms with Gasteiger partial charge >= 0.3 is 0 Å². The molecule has 8 nitrogen and oxygen atoms in total. The Morgan fingerprint density at radius 3 is 2.34 bits per heavy atom. The standard InChI is InChI=1S/C32H26ClN7O/c1-20-2-6-25(19-29(20)40-32-36-17-12-27(39-32)21-10-14-34-15-11-21)38-31(41)22-3-7-24(8-4-22)37-28-13-16-35-30-18-23(33)5-9-26(28)30/h2-19,31,38,41H,1H3,(H,35,37)(H,36,39,40). The van der Waals surface area contributed by atoms with E-state index in [9.17, 15) is 5.11 Å². The van der Waals surface area contributed by atoms with E-state index in [1.807, 2.05) is 91.9 Å². The molecule has 0 amide bonds. The Kier molecular flexibility index (Phi) is 7.40. The molecule has 0 spiro atoms.